The Labute approximate surface area is 170 Å². The van der Waals surface area contributed by atoms with Gasteiger partial charge in [-0.3, -0.25) is 0 Å². The van der Waals surface area contributed by atoms with Gasteiger partial charge in [0, 0.05) is 28.5 Å². The van der Waals surface area contributed by atoms with Crippen molar-refractivity contribution in [3.05, 3.63) is 34.9 Å². The molecule has 0 N–H and O–H groups in total. The van der Waals surface area contributed by atoms with E-state index in [9.17, 15) is 0 Å². The smallest absolute Gasteiger partial charge is 0.190 e. The Hall–Kier alpha value is 0.310. The predicted octanol–water partition coefficient (Wildman–Crippen LogP) is 5.04. The van der Waals surface area contributed by atoms with E-state index in [0.717, 1.165) is 35.5 Å². The molecule has 1 aromatic rings. The highest BCUT2D eigenvalue weighted by atomic mass is 79.9. The van der Waals surface area contributed by atoms with Crippen molar-refractivity contribution in [2.75, 3.05) is 10.7 Å². The summed E-state index contributed by atoms with van der Waals surface area (Å²) < 4.78 is 24.7. The quantitative estimate of drug-likeness (QED) is 0.471. The minimum atomic E-state index is -0.598. The molecular formula is C18H23Br2ClO4. The maximum atomic E-state index is 6.36. The summed E-state index contributed by atoms with van der Waals surface area (Å²) in [5, 5.41) is 2.44. The van der Waals surface area contributed by atoms with Gasteiger partial charge in [-0.1, -0.05) is 61.7 Å². The number of halogens is 3. The number of ether oxygens (including phenoxy) is 4. The molecule has 1 unspecified atom stereocenters. The van der Waals surface area contributed by atoms with Crippen LogP contribution in [-0.4, -0.2) is 41.0 Å². The molecule has 0 aromatic heterocycles. The number of fused-ring (bicyclic) bond motifs is 1. The Morgan fingerprint density at radius 1 is 1.16 bits per heavy atom. The molecule has 0 saturated carbocycles. The maximum absolute atomic E-state index is 6.36. The molecule has 0 bridgehead atoms. The van der Waals surface area contributed by atoms with E-state index in [4.69, 9.17) is 30.5 Å². The Kier molecular flexibility index (Phi) is 7.22. The summed E-state index contributed by atoms with van der Waals surface area (Å²) in [5.74, 6) is -0.598. The van der Waals surface area contributed by atoms with E-state index in [0.29, 0.717) is 11.6 Å². The molecule has 4 nitrogen and oxygen atoms in total. The van der Waals surface area contributed by atoms with Crippen molar-refractivity contribution in [3.8, 4) is 0 Å². The van der Waals surface area contributed by atoms with Crippen LogP contribution in [-0.2, 0) is 25.6 Å². The summed E-state index contributed by atoms with van der Waals surface area (Å²) in [4.78, 5) is 0. The zero-order chi connectivity index (χ0) is 17.9. The highest BCUT2D eigenvalue weighted by molar-refractivity contribution is 9.09. The Morgan fingerprint density at radius 3 is 2.68 bits per heavy atom. The molecule has 0 aliphatic carbocycles. The zero-order valence-electron chi connectivity index (χ0n) is 14.1. The molecule has 7 heteroatoms. The Morgan fingerprint density at radius 2 is 1.96 bits per heavy atom. The molecule has 140 valence electrons. The van der Waals surface area contributed by atoms with Crippen LogP contribution in [0, 0.1) is 0 Å². The fraction of sp³-hybridized carbons (Fsp3) is 0.667. The van der Waals surface area contributed by atoms with Crippen LogP contribution in [0.15, 0.2) is 24.3 Å². The maximum Gasteiger partial charge on any atom is 0.190 e. The third-order valence-electron chi connectivity index (χ3n) is 4.64. The second kappa shape index (κ2) is 9.00. The Bertz CT molecular complexity index is 576. The largest absolute Gasteiger partial charge is 0.368 e. The van der Waals surface area contributed by atoms with E-state index < -0.39 is 5.79 Å². The third kappa shape index (κ3) is 4.60. The molecule has 2 saturated heterocycles. The fourth-order valence-electron chi connectivity index (χ4n) is 3.37. The molecule has 2 heterocycles. The number of alkyl halides is 2. The van der Waals surface area contributed by atoms with Gasteiger partial charge in [0.05, 0.1) is 12.7 Å². The second-order valence-corrected chi connectivity index (χ2v) is 8.41. The monoisotopic (exact) mass is 496 g/mol. The molecule has 2 aliphatic heterocycles. The highest BCUT2D eigenvalue weighted by Crippen LogP contribution is 2.43. The molecule has 5 atom stereocenters. The number of hydrogen-bond donors (Lipinski definition) is 0. The van der Waals surface area contributed by atoms with Gasteiger partial charge in [0.2, 0.25) is 0 Å². The van der Waals surface area contributed by atoms with Gasteiger partial charge < -0.3 is 18.9 Å². The molecule has 0 radical (unpaired) electrons. The van der Waals surface area contributed by atoms with Gasteiger partial charge in [0.15, 0.2) is 12.1 Å². The molecule has 2 fully saturated rings. The van der Waals surface area contributed by atoms with Gasteiger partial charge in [0.25, 0.3) is 0 Å². The van der Waals surface area contributed by atoms with Gasteiger partial charge in [-0.05, 0) is 25.0 Å². The molecule has 3 rings (SSSR count). The minimum Gasteiger partial charge on any atom is -0.368 e. The third-order valence-corrected chi connectivity index (χ3v) is 5.97. The Balaban J connectivity index is 1.66. The zero-order valence-corrected chi connectivity index (χ0v) is 18.1. The van der Waals surface area contributed by atoms with Crippen LogP contribution in [0.4, 0.5) is 0 Å². The van der Waals surface area contributed by atoms with Crippen molar-refractivity contribution >= 4 is 43.5 Å². The van der Waals surface area contributed by atoms with Crippen molar-refractivity contribution in [2.45, 2.75) is 63.2 Å². The number of hydrogen-bond acceptors (Lipinski definition) is 4. The molecule has 0 spiro atoms. The van der Waals surface area contributed by atoms with Gasteiger partial charge in [-0.15, -0.1) is 0 Å². The highest BCUT2D eigenvalue weighted by Gasteiger charge is 2.56. The average molecular weight is 499 g/mol. The summed E-state index contributed by atoms with van der Waals surface area (Å²) in [6.07, 6.45) is 1.73. The second-order valence-electron chi connectivity index (χ2n) is 6.42. The SMILES string of the molecule is C[C@H]1O[C@@H]2OC(CCBr)(CCCBr)O[C@@H]2[C@H]1OCc1ccccc1Cl. The molecule has 0 amide bonds. The van der Waals surface area contributed by atoms with Gasteiger partial charge >= 0.3 is 0 Å². The number of rotatable bonds is 8. The van der Waals surface area contributed by atoms with E-state index in [1.54, 1.807) is 0 Å². The lowest BCUT2D eigenvalue weighted by atomic mass is 10.1. The van der Waals surface area contributed by atoms with E-state index in [2.05, 4.69) is 31.9 Å². The van der Waals surface area contributed by atoms with Crippen LogP contribution < -0.4 is 0 Å². The van der Waals surface area contributed by atoms with E-state index >= 15 is 0 Å². The molecule has 2 aliphatic rings. The van der Waals surface area contributed by atoms with Gasteiger partial charge in [0.1, 0.15) is 12.2 Å². The lowest BCUT2D eigenvalue weighted by Crippen LogP contribution is -2.38. The lowest BCUT2D eigenvalue weighted by molar-refractivity contribution is -0.238. The van der Waals surface area contributed by atoms with Crippen LogP contribution in [0.25, 0.3) is 0 Å². The first-order chi connectivity index (χ1) is 12.1. The van der Waals surface area contributed by atoms with Crippen LogP contribution in [0.2, 0.25) is 5.02 Å². The summed E-state index contributed by atoms with van der Waals surface area (Å²) in [5.41, 5.74) is 0.963. The van der Waals surface area contributed by atoms with Crippen LogP contribution in [0.3, 0.4) is 0 Å². The van der Waals surface area contributed by atoms with Crippen molar-refractivity contribution in [2.24, 2.45) is 0 Å². The van der Waals surface area contributed by atoms with Crippen LogP contribution >= 0.6 is 43.5 Å². The van der Waals surface area contributed by atoms with Gasteiger partial charge in [-0.25, -0.2) is 0 Å². The van der Waals surface area contributed by atoms with Gasteiger partial charge in [-0.2, -0.15) is 0 Å². The van der Waals surface area contributed by atoms with Crippen LogP contribution in [0.5, 0.6) is 0 Å². The first-order valence-electron chi connectivity index (χ1n) is 8.56. The van der Waals surface area contributed by atoms with E-state index in [1.165, 1.54) is 0 Å². The first kappa shape index (κ1) is 20.1. The average Bonchev–Trinajstić information content (AvgIpc) is 3.06. The summed E-state index contributed by atoms with van der Waals surface area (Å²) in [6, 6.07) is 7.71. The van der Waals surface area contributed by atoms with Crippen LogP contribution in [0.1, 0.15) is 31.7 Å². The fourth-order valence-corrected chi connectivity index (χ4v) is 4.44. The topological polar surface area (TPSA) is 36.9 Å². The molecular weight excluding hydrogens is 475 g/mol. The molecule has 25 heavy (non-hydrogen) atoms. The summed E-state index contributed by atoms with van der Waals surface area (Å²) in [6.45, 7) is 2.42. The lowest BCUT2D eigenvalue weighted by Gasteiger charge is -2.30. The molecule has 1 aromatic carbocycles. The van der Waals surface area contributed by atoms with Crippen molar-refractivity contribution in [3.63, 3.8) is 0 Å². The predicted molar refractivity (Wildman–Crippen MR) is 104 cm³/mol. The van der Waals surface area contributed by atoms with E-state index in [-0.39, 0.29) is 24.6 Å². The summed E-state index contributed by atoms with van der Waals surface area (Å²) in [7, 11) is 0. The number of benzene rings is 1. The van der Waals surface area contributed by atoms with Crippen molar-refractivity contribution in [1.29, 1.82) is 0 Å². The standard InChI is InChI=1S/C18H23Br2ClO4/c1-12-15(22-11-13-5-2-3-6-14(13)21)16-17(23-12)25-18(24-16,8-10-20)7-4-9-19/h2-3,5-6,12,15-17H,4,7-11H2,1H3/t12-,15+,16-,17-,18?/m1/s1. The van der Waals surface area contributed by atoms with Crippen molar-refractivity contribution in [1.82, 2.24) is 0 Å². The van der Waals surface area contributed by atoms with E-state index in [1.807, 2.05) is 31.2 Å². The normalized spacial score (nSPS) is 34.4. The minimum absolute atomic E-state index is 0.0874. The summed E-state index contributed by atoms with van der Waals surface area (Å²) >= 11 is 13.2. The van der Waals surface area contributed by atoms with Crippen molar-refractivity contribution < 1.29 is 18.9 Å². The first-order valence-corrected chi connectivity index (χ1v) is 11.2.